The summed E-state index contributed by atoms with van der Waals surface area (Å²) in [7, 11) is 1.54. The van der Waals surface area contributed by atoms with Crippen molar-refractivity contribution >= 4 is 33.8 Å². The van der Waals surface area contributed by atoms with Crippen LogP contribution in [0.5, 0.6) is 11.5 Å². The predicted molar refractivity (Wildman–Crippen MR) is 113 cm³/mol. The molecule has 0 atom stereocenters. The predicted octanol–water partition coefficient (Wildman–Crippen LogP) is 5.84. The van der Waals surface area contributed by atoms with Crippen molar-refractivity contribution in [3.8, 4) is 11.5 Å². The van der Waals surface area contributed by atoms with Crippen LogP contribution in [0.2, 0.25) is 0 Å². The molecule has 0 aromatic heterocycles. The zero-order chi connectivity index (χ0) is 19.9. The minimum absolute atomic E-state index is 0.0263. The first-order valence-electron chi connectivity index (χ1n) is 9.44. The van der Waals surface area contributed by atoms with Crippen molar-refractivity contribution in [3.63, 3.8) is 0 Å². The molecule has 0 amide bonds. The maximum Gasteiger partial charge on any atom is 0.314 e. The van der Waals surface area contributed by atoms with Gasteiger partial charge in [0.25, 0.3) is 0 Å². The summed E-state index contributed by atoms with van der Waals surface area (Å²) in [5.41, 5.74) is 1.41. The quantitative estimate of drug-likeness (QED) is 0.244. The Morgan fingerprint density at radius 2 is 1.71 bits per heavy atom. The van der Waals surface area contributed by atoms with Gasteiger partial charge in [0.1, 0.15) is 0 Å². The number of rotatable bonds is 6. The first kappa shape index (κ1) is 20.3. The van der Waals surface area contributed by atoms with Crippen LogP contribution in [0.25, 0.3) is 6.08 Å². The van der Waals surface area contributed by atoms with Crippen LogP contribution in [-0.2, 0) is 4.79 Å². The van der Waals surface area contributed by atoms with Crippen LogP contribution in [-0.4, -0.2) is 18.9 Å². The highest BCUT2D eigenvalue weighted by Gasteiger charge is 2.24. The maximum atomic E-state index is 12.4. The second-order valence-corrected chi connectivity index (χ2v) is 7.79. The van der Waals surface area contributed by atoms with Crippen LogP contribution in [0.4, 0.5) is 0 Å². The van der Waals surface area contributed by atoms with Crippen molar-refractivity contribution in [3.05, 3.63) is 64.1 Å². The number of benzene rings is 2. The van der Waals surface area contributed by atoms with Gasteiger partial charge in [-0.3, -0.25) is 9.59 Å². The lowest BCUT2D eigenvalue weighted by molar-refractivity contribution is -0.140. The SMILES string of the molecule is COc1cc(C=CC(=O)c2ccc(Br)cc2)ccc1OC(=O)C1CCCCC1. The number of ether oxygens (including phenoxy) is 2. The summed E-state index contributed by atoms with van der Waals surface area (Å²) in [6.07, 6.45) is 8.36. The van der Waals surface area contributed by atoms with Crippen LogP contribution in [0.3, 0.4) is 0 Å². The molecule has 1 fully saturated rings. The van der Waals surface area contributed by atoms with Gasteiger partial charge in [0.15, 0.2) is 17.3 Å². The summed E-state index contributed by atoms with van der Waals surface area (Å²) in [6, 6.07) is 12.5. The van der Waals surface area contributed by atoms with Gasteiger partial charge in [-0.2, -0.15) is 0 Å². The van der Waals surface area contributed by atoms with Gasteiger partial charge in [-0.15, -0.1) is 0 Å². The average Bonchev–Trinajstić information content (AvgIpc) is 2.73. The molecule has 0 N–H and O–H groups in total. The Hall–Kier alpha value is -2.40. The largest absolute Gasteiger partial charge is 0.493 e. The monoisotopic (exact) mass is 442 g/mol. The van der Waals surface area contributed by atoms with Crippen molar-refractivity contribution in [2.45, 2.75) is 32.1 Å². The normalized spacial score (nSPS) is 14.8. The number of methoxy groups -OCH3 is 1. The van der Waals surface area contributed by atoms with E-state index in [1.807, 2.05) is 12.1 Å². The third-order valence-electron chi connectivity index (χ3n) is 4.89. The number of allylic oxidation sites excluding steroid dienone is 1. The van der Waals surface area contributed by atoms with Crippen LogP contribution in [0.15, 0.2) is 53.0 Å². The molecule has 0 radical (unpaired) electrons. The van der Waals surface area contributed by atoms with E-state index in [-0.39, 0.29) is 17.7 Å². The lowest BCUT2D eigenvalue weighted by atomic mass is 9.89. The van der Waals surface area contributed by atoms with Gasteiger partial charge in [-0.05, 0) is 60.9 Å². The summed E-state index contributed by atoms with van der Waals surface area (Å²) in [5, 5.41) is 0. The summed E-state index contributed by atoms with van der Waals surface area (Å²) in [4.78, 5) is 24.6. The summed E-state index contributed by atoms with van der Waals surface area (Å²) < 4.78 is 11.9. The lowest BCUT2D eigenvalue weighted by Crippen LogP contribution is -2.22. The molecule has 1 aliphatic carbocycles. The van der Waals surface area contributed by atoms with Gasteiger partial charge in [0.05, 0.1) is 13.0 Å². The van der Waals surface area contributed by atoms with Gasteiger partial charge in [-0.25, -0.2) is 0 Å². The molecule has 146 valence electrons. The Morgan fingerprint density at radius 3 is 2.39 bits per heavy atom. The van der Waals surface area contributed by atoms with E-state index in [1.54, 1.807) is 36.4 Å². The molecule has 0 aliphatic heterocycles. The van der Waals surface area contributed by atoms with Crippen LogP contribution < -0.4 is 9.47 Å². The number of esters is 1. The highest BCUT2D eigenvalue weighted by atomic mass is 79.9. The highest BCUT2D eigenvalue weighted by molar-refractivity contribution is 9.10. The molecule has 0 unspecified atom stereocenters. The number of hydrogen-bond acceptors (Lipinski definition) is 4. The summed E-state index contributed by atoms with van der Waals surface area (Å²) in [5.74, 6) is 0.587. The number of carbonyl (C=O) groups excluding carboxylic acids is 2. The van der Waals surface area contributed by atoms with E-state index in [0.29, 0.717) is 17.1 Å². The van der Waals surface area contributed by atoms with Crippen molar-refractivity contribution in [2.75, 3.05) is 7.11 Å². The fourth-order valence-corrected chi connectivity index (χ4v) is 3.55. The molecule has 1 aliphatic rings. The molecule has 0 heterocycles. The van der Waals surface area contributed by atoms with E-state index in [4.69, 9.17) is 9.47 Å². The summed E-state index contributed by atoms with van der Waals surface area (Å²) in [6.45, 7) is 0. The number of ketones is 1. The molecular weight excluding hydrogens is 420 g/mol. The number of hydrogen-bond donors (Lipinski definition) is 0. The van der Waals surface area contributed by atoms with Gasteiger partial charge in [0, 0.05) is 10.0 Å². The second-order valence-electron chi connectivity index (χ2n) is 6.87. The van der Waals surface area contributed by atoms with Crippen LogP contribution >= 0.6 is 15.9 Å². The fourth-order valence-electron chi connectivity index (χ4n) is 3.28. The smallest absolute Gasteiger partial charge is 0.314 e. The number of carbonyl (C=O) groups is 2. The topological polar surface area (TPSA) is 52.6 Å². The van der Waals surface area contributed by atoms with E-state index in [9.17, 15) is 9.59 Å². The van der Waals surface area contributed by atoms with Crippen molar-refractivity contribution < 1.29 is 19.1 Å². The lowest BCUT2D eigenvalue weighted by Gasteiger charge is -2.20. The van der Waals surface area contributed by atoms with E-state index < -0.39 is 0 Å². The first-order valence-corrected chi connectivity index (χ1v) is 10.2. The Balaban J connectivity index is 1.69. The Labute approximate surface area is 173 Å². The fraction of sp³-hybridized carbons (Fsp3) is 0.304. The highest BCUT2D eigenvalue weighted by Crippen LogP contribution is 2.31. The van der Waals surface area contributed by atoms with E-state index in [0.717, 1.165) is 35.7 Å². The molecule has 1 saturated carbocycles. The Kier molecular flexibility index (Phi) is 7.04. The molecule has 2 aromatic rings. The molecule has 0 bridgehead atoms. The Morgan fingerprint density at radius 1 is 1.00 bits per heavy atom. The molecule has 4 nitrogen and oxygen atoms in total. The molecule has 2 aromatic carbocycles. The molecule has 0 saturated heterocycles. The molecule has 28 heavy (non-hydrogen) atoms. The molecule has 0 spiro atoms. The van der Waals surface area contributed by atoms with Crippen LogP contribution in [0.1, 0.15) is 48.0 Å². The van der Waals surface area contributed by atoms with Crippen molar-refractivity contribution in [1.29, 1.82) is 0 Å². The van der Waals surface area contributed by atoms with Crippen molar-refractivity contribution in [2.24, 2.45) is 5.92 Å². The minimum atomic E-state index is -0.188. The van der Waals surface area contributed by atoms with E-state index >= 15 is 0 Å². The second kappa shape index (κ2) is 9.69. The number of halogens is 1. The molecule has 5 heteroatoms. The maximum absolute atomic E-state index is 12.4. The summed E-state index contributed by atoms with van der Waals surface area (Å²) >= 11 is 3.36. The van der Waals surface area contributed by atoms with E-state index in [2.05, 4.69) is 15.9 Å². The third kappa shape index (κ3) is 5.32. The van der Waals surface area contributed by atoms with Gasteiger partial charge >= 0.3 is 5.97 Å². The third-order valence-corrected chi connectivity index (χ3v) is 5.42. The van der Waals surface area contributed by atoms with Crippen LogP contribution in [0, 0.1) is 5.92 Å². The van der Waals surface area contributed by atoms with E-state index in [1.165, 1.54) is 19.6 Å². The average molecular weight is 443 g/mol. The van der Waals surface area contributed by atoms with Gasteiger partial charge < -0.3 is 9.47 Å². The van der Waals surface area contributed by atoms with Crippen molar-refractivity contribution in [1.82, 2.24) is 0 Å². The van der Waals surface area contributed by atoms with Gasteiger partial charge in [0.2, 0.25) is 0 Å². The first-order chi connectivity index (χ1) is 13.6. The standard InChI is InChI=1S/C23H23BrO4/c1-27-22-15-16(7-13-20(25)17-9-11-19(24)12-10-17)8-14-21(22)28-23(26)18-5-3-2-4-6-18/h7-15,18H,2-6H2,1H3. The zero-order valence-electron chi connectivity index (χ0n) is 15.8. The minimum Gasteiger partial charge on any atom is -0.493 e. The van der Waals surface area contributed by atoms with Gasteiger partial charge in [-0.1, -0.05) is 47.3 Å². The molecular formula is C23H23BrO4. The zero-order valence-corrected chi connectivity index (χ0v) is 17.4. The molecule has 3 rings (SSSR count). The Bertz CT molecular complexity index is 865.